The lowest BCUT2D eigenvalue weighted by Gasteiger charge is -2.14. The number of nitrogens with one attached hydrogen (secondary N) is 1. The van der Waals surface area contributed by atoms with Crippen LogP contribution in [0.1, 0.15) is 17.2 Å². The lowest BCUT2D eigenvalue weighted by Crippen LogP contribution is -2.10. The van der Waals surface area contributed by atoms with Crippen molar-refractivity contribution in [1.82, 2.24) is 0 Å². The van der Waals surface area contributed by atoms with Crippen molar-refractivity contribution in [3.8, 4) is 6.07 Å². The van der Waals surface area contributed by atoms with Crippen LogP contribution in [0.25, 0.3) is 0 Å². The van der Waals surface area contributed by atoms with Crippen molar-refractivity contribution in [3.05, 3.63) is 65.7 Å². The molecule has 0 spiro atoms. The van der Waals surface area contributed by atoms with E-state index in [1.165, 1.54) is 12.1 Å². The Hall–Kier alpha value is -2.48. The van der Waals surface area contributed by atoms with Gasteiger partial charge in [0.05, 0.1) is 11.6 Å². The molecule has 0 amide bonds. The largest absolute Gasteiger partial charge is 0.416 e. The number of halogens is 3. The highest BCUT2D eigenvalue weighted by Crippen LogP contribution is 2.30. The van der Waals surface area contributed by atoms with Gasteiger partial charge < -0.3 is 5.32 Å². The topological polar surface area (TPSA) is 35.8 Å². The zero-order chi connectivity index (χ0) is 14.6. The molecule has 0 saturated heterocycles. The summed E-state index contributed by atoms with van der Waals surface area (Å²) in [6.07, 6.45) is -4.37. The van der Waals surface area contributed by atoms with Crippen LogP contribution < -0.4 is 5.32 Å². The first-order valence-electron chi connectivity index (χ1n) is 5.89. The van der Waals surface area contributed by atoms with E-state index in [4.69, 9.17) is 5.26 Å². The van der Waals surface area contributed by atoms with E-state index in [9.17, 15) is 13.2 Å². The average molecular weight is 276 g/mol. The van der Waals surface area contributed by atoms with Crippen LogP contribution in [0.5, 0.6) is 0 Å². The van der Waals surface area contributed by atoms with Gasteiger partial charge in [-0.05, 0) is 29.8 Å². The third kappa shape index (κ3) is 3.29. The number of rotatable bonds is 3. The van der Waals surface area contributed by atoms with Crippen molar-refractivity contribution in [3.63, 3.8) is 0 Å². The highest BCUT2D eigenvalue weighted by atomic mass is 19.4. The summed E-state index contributed by atoms with van der Waals surface area (Å²) in [7, 11) is 0. The Bertz CT molecular complexity index is 598. The van der Waals surface area contributed by atoms with Crippen LogP contribution in [0.2, 0.25) is 0 Å². The Labute approximate surface area is 114 Å². The summed E-state index contributed by atoms with van der Waals surface area (Å²) in [5, 5.41) is 12.1. The highest BCUT2D eigenvalue weighted by molar-refractivity contribution is 5.47. The van der Waals surface area contributed by atoms with Gasteiger partial charge in [0.1, 0.15) is 6.04 Å². The molecule has 2 nitrogen and oxygen atoms in total. The molecular formula is C15H11F3N2. The molecule has 2 rings (SSSR count). The lowest BCUT2D eigenvalue weighted by molar-refractivity contribution is -0.137. The first kappa shape index (κ1) is 13.9. The first-order chi connectivity index (χ1) is 9.50. The number of nitrogens with zero attached hydrogens (tertiary/aromatic N) is 1. The molecule has 20 heavy (non-hydrogen) atoms. The van der Waals surface area contributed by atoms with E-state index in [2.05, 4.69) is 5.32 Å². The van der Waals surface area contributed by atoms with E-state index in [0.717, 1.165) is 17.8 Å². The monoisotopic (exact) mass is 276 g/mol. The van der Waals surface area contributed by atoms with Crippen molar-refractivity contribution in [2.24, 2.45) is 0 Å². The Morgan fingerprint density at radius 3 is 2.05 bits per heavy atom. The number of alkyl halides is 3. The van der Waals surface area contributed by atoms with Crippen LogP contribution in [0, 0.1) is 11.3 Å². The Balaban J connectivity index is 2.19. The maximum Gasteiger partial charge on any atom is 0.416 e. The lowest BCUT2D eigenvalue weighted by atomic mass is 10.1. The fraction of sp³-hybridized carbons (Fsp3) is 0.133. The van der Waals surface area contributed by atoms with Crippen LogP contribution in [0.4, 0.5) is 18.9 Å². The van der Waals surface area contributed by atoms with E-state index >= 15 is 0 Å². The van der Waals surface area contributed by atoms with Gasteiger partial charge in [-0.3, -0.25) is 0 Å². The quantitative estimate of drug-likeness (QED) is 0.902. The predicted octanol–water partition coefficient (Wildman–Crippen LogP) is 4.38. The molecule has 102 valence electrons. The van der Waals surface area contributed by atoms with E-state index in [1.807, 2.05) is 24.3 Å². The molecule has 5 heteroatoms. The molecule has 2 aromatic carbocycles. The molecule has 1 unspecified atom stereocenters. The smallest absolute Gasteiger partial charge is 0.366 e. The summed E-state index contributed by atoms with van der Waals surface area (Å²) in [5.41, 5.74) is 0.501. The summed E-state index contributed by atoms with van der Waals surface area (Å²) in [6, 6.07) is 14.9. The van der Waals surface area contributed by atoms with Gasteiger partial charge in [0.15, 0.2) is 0 Å². The molecular weight excluding hydrogens is 265 g/mol. The van der Waals surface area contributed by atoms with E-state index in [1.54, 1.807) is 12.1 Å². The summed E-state index contributed by atoms with van der Waals surface area (Å²) in [6.45, 7) is 0. The van der Waals surface area contributed by atoms with Gasteiger partial charge in [0.25, 0.3) is 0 Å². The minimum atomic E-state index is -4.37. The minimum absolute atomic E-state index is 0.490. The van der Waals surface area contributed by atoms with Crippen molar-refractivity contribution in [1.29, 1.82) is 5.26 Å². The minimum Gasteiger partial charge on any atom is -0.366 e. The molecule has 1 N–H and O–H groups in total. The predicted molar refractivity (Wildman–Crippen MR) is 69.9 cm³/mol. The number of hydrogen-bond donors (Lipinski definition) is 1. The van der Waals surface area contributed by atoms with Crippen molar-refractivity contribution in [2.75, 3.05) is 5.32 Å². The zero-order valence-corrected chi connectivity index (χ0v) is 10.4. The fourth-order valence-electron chi connectivity index (χ4n) is 1.76. The van der Waals surface area contributed by atoms with Gasteiger partial charge in [-0.1, -0.05) is 30.3 Å². The Morgan fingerprint density at radius 2 is 1.55 bits per heavy atom. The van der Waals surface area contributed by atoms with Crippen molar-refractivity contribution >= 4 is 5.69 Å². The van der Waals surface area contributed by atoms with Gasteiger partial charge in [-0.2, -0.15) is 18.4 Å². The number of benzene rings is 2. The number of para-hydroxylation sites is 1. The number of anilines is 1. The van der Waals surface area contributed by atoms with Crippen LogP contribution in [-0.2, 0) is 6.18 Å². The molecule has 0 aliphatic heterocycles. The second kappa shape index (κ2) is 5.66. The molecule has 2 aromatic rings. The second-order valence-corrected chi connectivity index (χ2v) is 4.19. The summed E-state index contributed by atoms with van der Waals surface area (Å²) in [4.78, 5) is 0. The van der Waals surface area contributed by atoms with Crippen molar-refractivity contribution < 1.29 is 13.2 Å². The molecule has 0 aromatic heterocycles. The third-order valence-electron chi connectivity index (χ3n) is 2.79. The Morgan fingerprint density at radius 1 is 0.950 bits per heavy atom. The number of nitriles is 1. The van der Waals surface area contributed by atoms with Gasteiger partial charge >= 0.3 is 6.18 Å². The average Bonchev–Trinajstić information content (AvgIpc) is 2.45. The SMILES string of the molecule is N#CC(Nc1ccccc1)c1ccc(C(F)(F)F)cc1. The summed E-state index contributed by atoms with van der Waals surface area (Å²) >= 11 is 0. The van der Waals surface area contributed by atoms with Gasteiger partial charge in [-0.25, -0.2) is 0 Å². The molecule has 0 saturated carbocycles. The molecule has 0 bridgehead atoms. The first-order valence-corrected chi connectivity index (χ1v) is 5.89. The van der Waals surface area contributed by atoms with Gasteiger partial charge in [0, 0.05) is 5.69 Å². The summed E-state index contributed by atoms with van der Waals surface area (Å²) < 4.78 is 37.4. The maximum atomic E-state index is 12.5. The standard InChI is InChI=1S/C15H11F3N2/c16-15(17,18)12-8-6-11(7-9-12)14(10-19)20-13-4-2-1-3-5-13/h1-9,14,20H. The van der Waals surface area contributed by atoms with E-state index < -0.39 is 17.8 Å². The molecule has 1 atom stereocenters. The van der Waals surface area contributed by atoms with Gasteiger partial charge in [-0.15, -0.1) is 0 Å². The highest BCUT2D eigenvalue weighted by Gasteiger charge is 2.30. The second-order valence-electron chi connectivity index (χ2n) is 4.19. The van der Waals surface area contributed by atoms with Crippen LogP contribution in [0.3, 0.4) is 0 Å². The molecule has 0 aliphatic rings. The van der Waals surface area contributed by atoms with Crippen LogP contribution >= 0.6 is 0 Å². The summed E-state index contributed by atoms with van der Waals surface area (Å²) in [5.74, 6) is 0. The molecule has 0 fully saturated rings. The van der Waals surface area contributed by atoms with Gasteiger partial charge in [0.2, 0.25) is 0 Å². The van der Waals surface area contributed by atoms with E-state index in [-0.39, 0.29) is 0 Å². The molecule has 0 radical (unpaired) electrons. The molecule has 0 heterocycles. The molecule has 0 aliphatic carbocycles. The zero-order valence-electron chi connectivity index (χ0n) is 10.4. The van der Waals surface area contributed by atoms with Crippen LogP contribution in [-0.4, -0.2) is 0 Å². The number of hydrogen-bond acceptors (Lipinski definition) is 2. The van der Waals surface area contributed by atoms with Crippen LogP contribution in [0.15, 0.2) is 54.6 Å². The third-order valence-corrected chi connectivity index (χ3v) is 2.79. The van der Waals surface area contributed by atoms with Crippen molar-refractivity contribution in [2.45, 2.75) is 12.2 Å². The normalized spacial score (nSPS) is 12.5. The fourth-order valence-corrected chi connectivity index (χ4v) is 1.76. The maximum absolute atomic E-state index is 12.5. The Kier molecular flexibility index (Phi) is 3.94. The van der Waals surface area contributed by atoms with E-state index in [0.29, 0.717) is 5.56 Å².